The van der Waals surface area contributed by atoms with Crippen molar-refractivity contribution in [3.63, 3.8) is 0 Å². The number of rotatable bonds is 1. The lowest BCUT2D eigenvalue weighted by atomic mass is 9.90. The molecule has 2 N–H and O–H groups in total. The molecule has 17 heavy (non-hydrogen) atoms. The number of piperidine rings is 1. The van der Waals surface area contributed by atoms with Gasteiger partial charge in [-0.1, -0.05) is 0 Å². The van der Waals surface area contributed by atoms with Crippen LogP contribution in [0.5, 0.6) is 0 Å². The number of nitrogens with zero attached hydrogens (tertiary/aromatic N) is 1. The van der Waals surface area contributed by atoms with Crippen molar-refractivity contribution in [1.29, 1.82) is 0 Å². The third-order valence-electron chi connectivity index (χ3n) is 3.42. The highest BCUT2D eigenvalue weighted by Crippen LogP contribution is 2.39. The molecule has 2 nitrogen and oxygen atoms in total. The van der Waals surface area contributed by atoms with E-state index >= 15 is 0 Å². The van der Waals surface area contributed by atoms with Crippen molar-refractivity contribution < 1.29 is 0 Å². The average Bonchev–Trinajstić information content (AvgIpc) is 2.63. The predicted octanol–water partition coefficient (Wildman–Crippen LogP) is 3.77. The maximum atomic E-state index is 6.36. The van der Waals surface area contributed by atoms with Gasteiger partial charge in [0.25, 0.3) is 0 Å². The van der Waals surface area contributed by atoms with E-state index < -0.39 is 0 Å². The largest absolute Gasteiger partial charge is 0.326 e. The van der Waals surface area contributed by atoms with Gasteiger partial charge < -0.3 is 5.73 Å². The van der Waals surface area contributed by atoms with E-state index in [4.69, 9.17) is 5.73 Å². The minimum absolute atomic E-state index is 0.180. The molecule has 1 aliphatic rings. The Morgan fingerprint density at radius 1 is 1.41 bits per heavy atom. The molecule has 4 heteroatoms. The fourth-order valence-corrected chi connectivity index (χ4v) is 4.24. The zero-order valence-electron chi connectivity index (χ0n) is 10.7. The summed E-state index contributed by atoms with van der Waals surface area (Å²) in [5.41, 5.74) is 6.54. The summed E-state index contributed by atoms with van der Waals surface area (Å²) >= 11 is 5.36. The molecule has 0 bridgehead atoms. The quantitative estimate of drug-likeness (QED) is 0.854. The van der Waals surface area contributed by atoms with Crippen LogP contribution in [0.25, 0.3) is 0 Å². The Balaban J connectivity index is 2.31. The van der Waals surface area contributed by atoms with Gasteiger partial charge in [-0.3, -0.25) is 4.90 Å². The molecule has 1 saturated heterocycles. The van der Waals surface area contributed by atoms with E-state index in [0.29, 0.717) is 6.04 Å². The first-order chi connectivity index (χ1) is 7.89. The monoisotopic (exact) mass is 316 g/mol. The zero-order valence-corrected chi connectivity index (χ0v) is 13.1. The number of hydrogen-bond donors (Lipinski definition) is 1. The van der Waals surface area contributed by atoms with Crippen LogP contribution in [0.3, 0.4) is 0 Å². The van der Waals surface area contributed by atoms with Crippen LogP contribution in [-0.4, -0.2) is 23.0 Å². The van der Waals surface area contributed by atoms with Crippen LogP contribution in [0.15, 0.2) is 15.9 Å². The number of likely N-dealkylation sites (tertiary alicyclic amines) is 1. The highest BCUT2D eigenvalue weighted by atomic mass is 79.9. The third kappa shape index (κ3) is 2.92. The molecular formula is C13H21BrN2S. The fraction of sp³-hybridized carbons (Fsp3) is 0.692. The molecule has 1 aliphatic heterocycles. The summed E-state index contributed by atoms with van der Waals surface area (Å²) in [6.07, 6.45) is 2.34. The summed E-state index contributed by atoms with van der Waals surface area (Å²) in [6.45, 7) is 7.99. The van der Waals surface area contributed by atoms with Crippen molar-refractivity contribution in [3.05, 3.63) is 20.8 Å². The Labute approximate surface area is 116 Å². The summed E-state index contributed by atoms with van der Waals surface area (Å²) in [4.78, 5) is 3.94. The van der Waals surface area contributed by atoms with Crippen molar-refractivity contribution in [2.75, 3.05) is 6.54 Å². The number of halogens is 1. The lowest BCUT2D eigenvalue weighted by molar-refractivity contribution is 0.0402. The molecule has 2 rings (SSSR count). The molecule has 2 atom stereocenters. The van der Waals surface area contributed by atoms with Crippen molar-refractivity contribution in [1.82, 2.24) is 4.90 Å². The van der Waals surface area contributed by atoms with Gasteiger partial charge in [0.15, 0.2) is 0 Å². The molecule has 0 saturated carbocycles. The zero-order chi connectivity index (χ0) is 12.6. The Morgan fingerprint density at radius 2 is 2.12 bits per heavy atom. The Hall–Kier alpha value is 0.1000. The van der Waals surface area contributed by atoms with Crippen LogP contribution in [0.2, 0.25) is 0 Å². The van der Waals surface area contributed by atoms with E-state index in [2.05, 4.69) is 53.7 Å². The Kier molecular flexibility index (Phi) is 3.98. The van der Waals surface area contributed by atoms with E-state index in [-0.39, 0.29) is 11.6 Å². The summed E-state index contributed by atoms with van der Waals surface area (Å²) in [5, 5.41) is 0. The molecule has 0 radical (unpaired) electrons. The van der Waals surface area contributed by atoms with Gasteiger partial charge in [0.1, 0.15) is 0 Å². The van der Waals surface area contributed by atoms with Crippen LogP contribution in [0.1, 0.15) is 44.5 Å². The summed E-state index contributed by atoms with van der Waals surface area (Å²) in [6, 6.07) is 4.97. The van der Waals surface area contributed by atoms with Gasteiger partial charge in [0.05, 0.1) is 9.83 Å². The minimum Gasteiger partial charge on any atom is -0.326 e. The molecule has 0 amide bonds. The predicted molar refractivity (Wildman–Crippen MR) is 78.4 cm³/mol. The fourth-order valence-electron chi connectivity index (χ4n) is 2.63. The van der Waals surface area contributed by atoms with E-state index in [1.54, 1.807) is 0 Å². The van der Waals surface area contributed by atoms with E-state index in [9.17, 15) is 0 Å². The smallest absolute Gasteiger partial charge is 0.0702 e. The van der Waals surface area contributed by atoms with Crippen molar-refractivity contribution in [3.8, 4) is 0 Å². The standard InChI is InChI=1S/C13H21BrN2S/c1-13(2,3)16-8-4-5-9(15)12(16)10-6-7-11(14)17-10/h6-7,9,12H,4-5,8,15H2,1-3H3. The molecule has 0 aliphatic carbocycles. The van der Waals surface area contributed by atoms with Crippen LogP contribution in [-0.2, 0) is 0 Å². The second kappa shape index (κ2) is 5.00. The molecule has 2 heterocycles. The van der Waals surface area contributed by atoms with Crippen LogP contribution in [0, 0.1) is 0 Å². The van der Waals surface area contributed by atoms with Gasteiger partial charge in [0, 0.05) is 16.5 Å². The lowest BCUT2D eigenvalue weighted by Crippen LogP contribution is -2.53. The molecule has 1 aromatic rings. The Bertz CT molecular complexity index is 383. The minimum atomic E-state index is 0.180. The van der Waals surface area contributed by atoms with Crippen LogP contribution < -0.4 is 5.73 Å². The van der Waals surface area contributed by atoms with Crippen LogP contribution >= 0.6 is 27.3 Å². The number of thiophene rings is 1. The summed E-state index contributed by atoms with van der Waals surface area (Å²) in [7, 11) is 0. The van der Waals surface area contributed by atoms with Gasteiger partial charge in [0.2, 0.25) is 0 Å². The average molecular weight is 317 g/mol. The van der Waals surface area contributed by atoms with Gasteiger partial charge in [-0.25, -0.2) is 0 Å². The lowest BCUT2D eigenvalue weighted by Gasteiger charge is -2.47. The SMILES string of the molecule is CC(C)(C)N1CCCC(N)C1c1ccc(Br)s1. The number of nitrogens with two attached hydrogens (primary N) is 1. The molecular weight excluding hydrogens is 296 g/mol. The van der Waals surface area contributed by atoms with Crippen LogP contribution in [0.4, 0.5) is 0 Å². The first-order valence-corrected chi connectivity index (χ1v) is 7.78. The highest BCUT2D eigenvalue weighted by Gasteiger charge is 2.37. The topological polar surface area (TPSA) is 29.3 Å². The van der Waals surface area contributed by atoms with E-state index in [1.165, 1.54) is 15.1 Å². The van der Waals surface area contributed by atoms with Crippen molar-refractivity contribution in [2.24, 2.45) is 5.73 Å². The first-order valence-electron chi connectivity index (χ1n) is 6.17. The second-order valence-corrected chi connectivity index (χ2v) is 8.25. The molecule has 1 aromatic heterocycles. The summed E-state index contributed by atoms with van der Waals surface area (Å²) in [5.74, 6) is 0. The highest BCUT2D eigenvalue weighted by molar-refractivity contribution is 9.11. The molecule has 0 spiro atoms. The summed E-state index contributed by atoms with van der Waals surface area (Å²) < 4.78 is 1.19. The van der Waals surface area contributed by atoms with Crippen molar-refractivity contribution >= 4 is 27.3 Å². The maximum absolute atomic E-state index is 6.36. The van der Waals surface area contributed by atoms with E-state index in [0.717, 1.165) is 13.0 Å². The Morgan fingerprint density at radius 3 is 2.65 bits per heavy atom. The molecule has 96 valence electrons. The number of hydrogen-bond acceptors (Lipinski definition) is 3. The van der Waals surface area contributed by atoms with E-state index in [1.807, 2.05) is 11.3 Å². The molecule has 2 unspecified atom stereocenters. The van der Waals surface area contributed by atoms with Gasteiger partial charge >= 0.3 is 0 Å². The molecule has 0 aromatic carbocycles. The molecule has 1 fully saturated rings. The van der Waals surface area contributed by atoms with Gasteiger partial charge in [-0.2, -0.15) is 0 Å². The van der Waals surface area contributed by atoms with Crippen molar-refractivity contribution in [2.45, 2.75) is 51.2 Å². The maximum Gasteiger partial charge on any atom is 0.0702 e. The first kappa shape index (κ1) is 13.5. The second-order valence-electron chi connectivity index (χ2n) is 5.76. The van der Waals surface area contributed by atoms with Gasteiger partial charge in [-0.05, 0) is 68.2 Å². The third-order valence-corrected chi connectivity index (χ3v) is 5.12. The normalized spacial score (nSPS) is 27.4. The van der Waals surface area contributed by atoms with Gasteiger partial charge in [-0.15, -0.1) is 11.3 Å².